The molecule has 112 valence electrons. The number of rotatable bonds is 3. The van der Waals surface area contributed by atoms with Crippen LogP contribution in [0.25, 0.3) is 10.2 Å². The van der Waals surface area contributed by atoms with Gasteiger partial charge in [0.2, 0.25) is 0 Å². The minimum Gasteiger partial charge on any atom is -0.481 e. The maximum absolute atomic E-state index is 11.9. The van der Waals surface area contributed by atoms with Crippen molar-refractivity contribution in [2.45, 2.75) is 44.9 Å². The number of carbonyl (C=O) groups is 1. The lowest BCUT2D eigenvalue weighted by Gasteiger charge is -2.26. The summed E-state index contributed by atoms with van der Waals surface area (Å²) in [6, 6.07) is 6.02. The molecule has 0 atom stereocenters. The van der Waals surface area contributed by atoms with Crippen LogP contribution >= 0.6 is 27.3 Å². The number of aliphatic carboxylic acids is 1. The van der Waals surface area contributed by atoms with Gasteiger partial charge in [0.15, 0.2) is 0 Å². The van der Waals surface area contributed by atoms with E-state index < -0.39 is 11.4 Å². The molecular weight excluding hydrogens is 350 g/mol. The summed E-state index contributed by atoms with van der Waals surface area (Å²) in [7, 11) is 0. The second-order valence-electron chi connectivity index (χ2n) is 5.90. The van der Waals surface area contributed by atoms with Gasteiger partial charge in [-0.05, 0) is 31.0 Å². The molecule has 0 saturated heterocycles. The highest BCUT2D eigenvalue weighted by Gasteiger charge is 2.39. The van der Waals surface area contributed by atoms with Crippen LogP contribution in [0.2, 0.25) is 0 Å². The van der Waals surface area contributed by atoms with Crippen LogP contribution in [0.4, 0.5) is 0 Å². The van der Waals surface area contributed by atoms with Gasteiger partial charge in [0.25, 0.3) is 0 Å². The highest BCUT2D eigenvalue weighted by Crippen LogP contribution is 2.40. The van der Waals surface area contributed by atoms with Crippen LogP contribution in [-0.4, -0.2) is 16.1 Å². The molecule has 3 nitrogen and oxygen atoms in total. The Balaban J connectivity index is 1.91. The van der Waals surface area contributed by atoms with Crippen LogP contribution in [0.5, 0.6) is 0 Å². The fourth-order valence-electron chi connectivity index (χ4n) is 3.18. The predicted molar refractivity (Wildman–Crippen MR) is 88.8 cm³/mol. The number of hydrogen-bond acceptors (Lipinski definition) is 3. The molecule has 1 N–H and O–H groups in total. The van der Waals surface area contributed by atoms with Crippen LogP contribution in [0.1, 0.15) is 43.5 Å². The Morgan fingerprint density at radius 2 is 2.00 bits per heavy atom. The lowest BCUT2D eigenvalue weighted by atomic mass is 9.78. The molecular formula is C16H18BrNO2S. The first-order valence-electron chi connectivity index (χ1n) is 7.37. The smallest absolute Gasteiger partial charge is 0.310 e. The van der Waals surface area contributed by atoms with E-state index in [2.05, 4.69) is 27.0 Å². The first-order valence-corrected chi connectivity index (χ1v) is 8.98. The van der Waals surface area contributed by atoms with Crippen LogP contribution < -0.4 is 0 Å². The number of benzene rings is 1. The Hall–Kier alpha value is -0.940. The average molecular weight is 368 g/mol. The summed E-state index contributed by atoms with van der Waals surface area (Å²) in [5, 5.41) is 10.7. The molecule has 3 rings (SSSR count). The molecule has 1 aromatic carbocycles. The number of thiazole rings is 1. The largest absolute Gasteiger partial charge is 0.481 e. The van der Waals surface area contributed by atoms with Crippen LogP contribution in [0.3, 0.4) is 0 Å². The van der Waals surface area contributed by atoms with Crippen molar-refractivity contribution in [3.05, 3.63) is 27.7 Å². The Bertz CT molecular complexity index is 659. The zero-order chi connectivity index (χ0) is 14.9. The topological polar surface area (TPSA) is 50.2 Å². The van der Waals surface area contributed by atoms with Gasteiger partial charge < -0.3 is 5.11 Å². The van der Waals surface area contributed by atoms with Gasteiger partial charge in [-0.15, -0.1) is 11.3 Å². The number of halogens is 1. The molecule has 0 spiro atoms. The van der Waals surface area contributed by atoms with Gasteiger partial charge in [-0.3, -0.25) is 4.79 Å². The minimum atomic E-state index is -0.648. The molecule has 0 aliphatic heterocycles. The first-order chi connectivity index (χ1) is 10.1. The highest BCUT2D eigenvalue weighted by atomic mass is 79.9. The molecule has 1 aliphatic rings. The molecule has 1 aliphatic carbocycles. The molecule has 1 saturated carbocycles. The van der Waals surface area contributed by atoms with E-state index in [0.717, 1.165) is 58.2 Å². The van der Waals surface area contributed by atoms with Gasteiger partial charge in [0.1, 0.15) is 0 Å². The van der Waals surface area contributed by atoms with Crippen molar-refractivity contribution in [1.29, 1.82) is 0 Å². The molecule has 1 fully saturated rings. The van der Waals surface area contributed by atoms with E-state index >= 15 is 0 Å². The third-order valence-electron chi connectivity index (χ3n) is 4.40. The molecule has 2 aromatic rings. The zero-order valence-corrected chi connectivity index (χ0v) is 14.2. The normalized spacial score (nSPS) is 18.5. The van der Waals surface area contributed by atoms with Crippen molar-refractivity contribution in [2.24, 2.45) is 5.41 Å². The van der Waals surface area contributed by atoms with Crippen LogP contribution in [-0.2, 0) is 11.2 Å². The minimum absolute atomic E-state index is 0.569. The number of hydrogen-bond donors (Lipinski definition) is 1. The Labute approximate surface area is 136 Å². The summed E-state index contributed by atoms with van der Waals surface area (Å²) in [4.78, 5) is 16.5. The molecule has 0 radical (unpaired) electrons. The molecule has 1 aromatic heterocycles. The highest BCUT2D eigenvalue weighted by molar-refractivity contribution is 9.10. The van der Waals surface area contributed by atoms with Gasteiger partial charge in [-0.2, -0.15) is 0 Å². The second kappa shape index (κ2) is 6.05. The van der Waals surface area contributed by atoms with Crippen molar-refractivity contribution in [3.8, 4) is 0 Å². The molecule has 0 bridgehead atoms. The summed E-state index contributed by atoms with van der Waals surface area (Å²) < 4.78 is 2.15. The Morgan fingerprint density at radius 1 is 1.29 bits per heavy atom. The maximum atomic E-state index is 11.9. The third-order valence-corrected chi connectivity index (χ3v) is 5.91. The second-order valence-corrected chi connectivity index (χ2v) is 7.93. The van der Waals surface area contributed by atoms with Gasteiger partial charge in [-0.1, -0.05) is 41.6 Å². The zero-order valence-electron chi connectivity index (χ0n) is 11.8. The van der Waals surface area contributed by atoms with E-state index in [1.54, 1.807) is 11.3 Å². The predicted octanol–water partition coefficient (Wildman–Crippen LogP) is 5.03. The van der Waals surface area contributed by atoms with Crippen molar-refractivity contribution in [2.75, 3.05) is 0 Å². The van der Waals surface area contributed by atoms with Crippen molar-refractivity contribution in [1.82, 2.24) is 4.98 Å². The van der Waals surface area contributed by atoms with E-state index in [-0.39, 0.29) is 0 Å². The fourth-order valence-corrected chi connectivity index (χ4v) is 4.85. The number of nitrogens with zero attached hydrogens (tertiary/aromatic N) is 1. The number of carboxylic acids is 1. The lowest BCUT2D eigenvalue weighted by molar-refractivity contribution is -0.149. The summed E-state index contributed by atoms with van der Waals surface area (Å²) >= 11 is 5.09. The van der Waals surface area contributed by atoms with Crippen molar-refractivity contribution < 1.29 is 9.90 Å². The number of fused-ring (bicyclic) bond motifs is 1. The number of aromatic nitrogens is 1. The summed E-state index contributed by atoms with van der Waals surface area (Å²) in [6.07, 6.45) is 6.47. The first kappa shape index (κ1) is 15.0. The van der Waals surface area contributed by atoms with E-state index in [4.69, 9.17) is 0 Å². The third kappa shape index (κ3) is 3.14. The molecule has 1 heterocycles. The van der Waals surface area contributed by atoms with E-state index in [1.807, 2.05) is 12.1 Å². The fraction of sp³-hybridized carbons (Fsp3) is 0.500. The van der Waals surface area contributed by atoms with Gasteiger partial charge in [0, 0.05) is 10.9 Å². The Kier molecular flexibility index (Phi) is 4.31. The molecule has 0 amide bonds. The van der Waals surface area contributed by atoms with Gasteiger partial charge >= 0.3 is 5.97 Å². The summed E-state index contributed by atoms with van der Waals surface area (Å²) in [5.41, 5.74) is 0.356. The monoisotopic (exact) mass is 367 g/mol. The molecule has 5 heteroatoms. The van der Waals surface area contributed by atoms with Crippen LogP contribution in [0.15, 0.2) is 22.7 Å². The van der Waals surface area contributed by atoms with Gasteiger partial charge in [0.05, 0.1) is 20.6 Å². The summed E-state index contributed by atoms with van der Waals surface area (Å²) in [6.45, 7) is 0. The SMILES string of the molecule is O=C(O)C1(Cc2nc3ccc(Br)cc3s2)CCCCCC1. The molecule has 21 heavy (non-hydrogen) atoms. The average Bonchev–Trinajstić information content (AvgIpc) is 2.67. The van der Waals surface area contributed by atoms with E-state index in [1.165, 1.54) is 0 Å². The van der Waals surface area contributed by atoms with Crippen LogP contribution in [0, 0.1) is 5.41 Å². The lowest BCUT2D eigenvalue weighted by Crippen LogP contribution is -2.32. The Morgan fingerprint density at radius 3 is 2.67 bits per heavy atom. The number of carboxylic acid groups (broad SMARTS) is 1. The quantitative estimate of drug-likeness (QED) is 0.774. The van der Waals surface area contributed by atoms with Crippen molar-refractivity contribution >= 4 is 43.5 Å². The standard InChI is InChI=1S/C16H18BrNO2S/c17-11-5-6-12-13(9-11)21-14(18-12)10-16(15(19)20)7-3-1-2-4-8-16/h5-6,9H,1-4,7-8,10H2,(H,19,20). The van der Waals surface area contributed by atoms with E-state index in [0.29, 0.717) is 6.42 Å². The summed E-state index contributed by atoms with van der Waals surface area (Å²) in [5.74, 6) is -0.648. The van der Waals surface area contributed by atoms with Crippen molar-refractivity contribution in [3.63, 3.8) is 0 Å². The van der Waals surface area contributed by atoms with E-state index in [9.17, 15) is 9.90 Å². The molecule has 0 unspecified atom stereocenters. The maximum Gasteiger partial charge on any atom is 0.310 e. The van der Waals surface area contributed by atoms with Gasteiger partial charge in [-0.25, -0.2) is 4.98 Å².